The van der Waals surface area contributed by atoms with E-state index in [2.05, 4.69) is 9.97 Å². The topological polar surface area (TPSA) is 136 Å². The number of benzene rings is 3. The molecule has 0 spiro atoms. The molecule has 41 heavy (non-hydrogen) atoms. The number of nitrogens with zero attached hydrogens (tertiary/aromatic N) is 3. The summed E-state index contributed by atoms with van der Waals surface area (Å²) in [5.74, 6) is -1.89. The van der Waals surface area contributed by atoms with Gasteiger partial charge >= 0.3 is 23.6 Å². The molecule has 11 nitrogen and oxygen atoms in total. The maximum atomic E-state index is 13.2. The molecule has 208 valence electrons. The predicted octanol–water partition coefficient (Wildman–Crippen LogP) is 3.15. The summed E-state index contributed by atoms with van der Waals surface area (Å²) in [6.45, 7) is 1.17. The molecule has 0 aliphatic carbocycles. The maximum Gasteiger partial charge on any atom is 0.352 e. The highest BCUT2D eigenvalue weighted by molar-refractivity contribution is 5.91. The van der Waals surface area contributed by atoms with E-state index in [1.54, 1.807) is 97.9 Å². The molecule has 1 aliphatic rings. The Balaban J connectivity index is 1.49. The van der Waals surface area contributed by atoms with E-state index in [1.807, 2.05) is 0 Å². The molecule has 1 fully saturated rings. The van der Waals surface area contributed by atoms with Crippen molar-refractivity contribution in [3.8, 4) is 0 Å². The first-order valence-electron chi connectivity index (χ1n) is 12.7. The van der Waals surface area contributed by atoms with Gasteiger partial charge in [-0.3, -0.25) is 4.57 Å². The first-order valence-corrected chi connectivity index (χ1v) is 12.7. The minimum Gasteiger partial charge on any atom is -0.459 e. The van der Waals surface area contributed by atoms with Crippen LogP contribution in [0.25, 0.3) is 0 Å². The Bertz CT molecular complexity index is 1580. The van der Waals surface area contributed by atoms with E-state index in [9.17, 15) is 19.2 Å². The van der Waals surface area contributed by atoms with Crippen LogP contribution in [0.15, 0.2) is 102 Å². The van der Waals surface area contributed by atoms with Crippen LogP contribution in [0.1, 0.15) is 43.1 Å². The van der Waals surface area contributed by atoms with Crippen molar-refractivity contribution in [3.05, 3.63) is 130 Å². The van der Waals surface area contributed by atoms with E-state index in [4.69, 9.17) is 18.9 Å². The molecule has 0 bridgehead atoms. The Labute approximate surface area is 234 Å². The van der Waals surface area contributed by atoms with Gasteiger partial charge in [-0.1, -0.05) is 54.6 Å². The molecule has 0 radical (unpaired) electrons. The molecule has 0 saturated carbocycles. The van der Waals surface area contributed by atoms with Crippen LogP contribution in [0.2, 0.25) is 0 Å². The van der Waals surface area contributed by atoms with Crippen molar-refractivity contribution in [1.29, 1.82) is 0 Å². The fraction of sp³-hybridized carbons (Fsp3) is 0.200. The molecular weight excluding hydrogens is 530 g/mol. The van der Waals surface area contributed by atoms with E-state index in [0.29, 0.717) is 5.56 Å². The number of aromatic nitrogens is 3. The van der Waals surface area contributed by atoms with E-state index in [0.717, 1.165) is 4.57 Å². The van der Waals surface area contributed by atoms with Crippen LogP contribution in [0.5, 0.6) is 0 Å². The van der Waals surface area contributed by atoms with Gasteiger partial charge in [-0.15, -0.1) is 0 Å². The van der Waals surface area contributed by atoms with Crippen LogP contribution in [-0.4, -0.2) is 57.4 Å². The number of esters is 3. The van der Waals surface area contributed by atoms with Crippen LogP contribution >= 0.6 is 0 Å². The summed E-state index contributed by atoms with van der Waals surface area (Å²) < 4.78 is 24.3. The number of carbonyl (C=O) groups is 3. The van der Waals surface area contributed by atoms with Crippen LogP contribution < -0.4 is 5.69 Å². The monoisotopic (exact) mass is 555 g/mol. The van der Waals surface area contributed by atoms with Gasteiger partial charge in [0.15, 0.2) is 18.4 Å². The molecule has 5 rings (SSSR count). The second-order valence-electron chi connectivity index (χ2n) is 9.09. The van der Waals surface area contributed by atoms with Gasteiger partial charge in [-0.25, -0.2) is 24.2 Å². The fourth-order valence-corrected chi connectivity index (χ4v) is 4.28. The SMILES string of the molecule is Cc1ncn([C@@H]2O[C@H](COC(=O)c3ccccc3)[C@@H](OC(=O)c3ccccc3)C2OC(=O)c2ccccc2)c(=O)n1. The fourth-order valence-electron chi connectivity index (χ4n) is 4.28. The number of hydrogen-bond acceptors (Lipinski definition) is 10. The predicted molar refractivity (Wildman–Crippen MR) is 143 cm³/mol. The van der Waals surface area contributed by atoms with Gasteiger partial charge < -0.3 is 18.9 Å². The number of aryl methyl sites for hydroxylation is 1. The average Bonchev–Trinajstić information content (AvgIpc) is 3.33. The van der Waals surface area contributed by atoms with E-state index < -0.39 is 48.1 Å². The largest absolute Gasteiger partial charge is 0.459 e. The summed E-state index contributed by atoms with van der Waals surface area (Å²) in [4.78, 5) is 59.7. The maximum absolute atomic E-state index is 13.2. The Morgan fingerprint density at radius 3 is 1.76 bits per heavy atom. The zero-order valence-corrected chi connectivity index (χ0v) is 21.9. The van der Waals surface area contributed by atoms with Crippen molar-refractivity contribution in [3.63, 3.8) is 0 Å². The van der Waals surface area contributed by atoms with Crippen molar-refractivity contribution in [1.82, 2.24) is 14.5 Å². The smallest absolute Gasteiger partial charge is 0.352 e. The van der Waals surface area contributed by atoms with Gasteiger partial charge in [0.05, 0.1) is 16.7 Å². The first kappa shape index (κ1) is 27.4. The van der Waals surface area contributed by atoms with Crippen LogP contribution in [0, 0.1) is 6.92 Å². The van der Waals surface area contributed by atoms with Crippen molar-refractivity contribution in [2.24, 2.45) is 0 Å². The number of hydrogen-bond donors (Lipinski definition) is 0. The molecule has 1 unspecified atom stereocenters. The molecule has 11 heteroatoms. The highest BCUT2D eigenvalue weighted by Gasteiger charge is 2.51. The lowest BCUT2D eigenvalue weighted by Crippen LogP contribution is -2.42. The van der Waals surface area contributed by atoms with Gasteiger partial charge in [-0.05, 0) is 43.3 Å². The highest BCUT2D eigenvalue weighted by atomic mass is 16.7. The molecule has 3 aromatic carbocycles. The third kappa shape index (κ3) is 6.36. The van der Waals surface area contributed by atoms with E-state index >= 15 is 0 Å². The van der Waals surface area contributed by atoms with E-state index in [-0.39, 0.29) is 23.6 Å². The highest BCUT2D eigenvalue weighted by Crippen LogP contribution is 2.34. The van der Waals surface area contributed by atoms with Crippen molar-refractivity contribution in [2.45, 2.75) is 31.5 Å². The Hall–Kier alpha value is -5.16. The Morgan fingerprint density at radius 1 is 0.756 bits per heavy atom. The third-order valence-electron chi connectivity index (χ3n) is 6.30. The lowest BCUT2D eigenvalue weighted by atomic mass is 10.1. The normalized spacial score (nSPS) is 19.7. The van der Waals surface area contributed by atoms with Gasteiger partial charge in [0, 0.05) is 0 Å². The molecule has 4 aromatic rings. The standard InChI is InChI=1S/C30H25N3O8/c1-19-31-18-33(30(37)32-19)26-25(41-29(36)22-15-9-4-10-16-22)24(40-28(35)21-13-7-3-8-14-21)23(39-26)17-38-27(34)20-11-5-2-6-12-20/h2-16,18,23-26H,17H2,1H3/t23-,24-,25?,26-/m1/s1. The Morgan fingerprint density at radius 2 is 1.24 bits per heavy atom. The molecule has 1 aromatic heterocycles. The molecule has 2 heterocycles. The van der Waals surface area contributed by atoms with Crippen LogP contribution in [0.4, 0.5) is 0 Å². The lowest BCUT2D eigenvalue weighted by molar-refractivity contribution is -0.0644. The molecule has 0 amide bonds. The average molecular weight is 556 g/mol. The molecule has 4 atom stereocenters. The first-order chi connectivity index (χ1) is 19.9. The van der Waals surface area contributed by atoms with Gasteiger partial charge in [0.2, 0.25) is 0 Å². The summed E-state index contributed by atoms with van der Waals surface area (Å²) in [6.07, 6.45) is -3.84. The molecule has 0 N–H and O–H groups in total. The summed E-state index contributed by atoms with van der Waals surface area (Å²) in [6, 6.07) is 24.7. The summed E-state index contributed by atoms with van der Waals surface area (Å²) in [5, 5.41) is 0. The molecular formula is C30H25N3O8. The summed E-state index contributed by atoms with van der Waals surface area (Å²) >= 11 is 0. The quantitative estimate of drug-likeness (QED) is 0.236. The Kier molecular flexibility index (Phi) is 8.26. The zero-order chi connectivity index (χ0) is 28.8. The van der Waals surface area contributed by atoms with Crippen LogP contribution in [0.3, 0.4) is 0 Å². The van der Waals surface area contributed by atoms with Gasteiger partial charge in [0.25, 0.3) is 0 Å². The minimum atomic E-state index is -1.33. The number of rotatable bonds is 8. The lowest BCUT2D eigenvalue weighted by Gasteiger charge is -2.24. The molecule has 1 aliphatic heterocycles. The zero-order valence-electron chi connectivity index (χ0n) is 21.9. The van der Waals surface area contributed by atoms with Gasteiger partial charge in [0.1, 0.15) is 24.9 Å². The third-order valence-corrected chi connectivity index (χ3v) is 6.30. The van der Waals surface area contributed by atoms with E-state index in [1.165, 1.54) is 6.33 Å². The summed E-state index contributed by atoms with van der Waals surface area (Å²) in [5.41, 5.74) is 0.0409. The minimum absolute atomic E-state index is 0.225. The number of ether oxygens (including phenoxy) is 4. The van der Waals surface area contributed by atoms with Gasteiger partial charge in [-0.2, -0.15) is 4.98 Å². The second kappa shape index (κ2) is 12.3. The summed E-state index contributed by atoms with van der Waals surface area (Å²) in [7, 11) is 0. The second-order valence-corrected chi connectivity index (χ2v) is 9.09. The van der Waals surface area contributed by atoms with Crippen molar-refractivity contribution in [2.75, 3.05) is 6.61 Å². The van der Waals surface area contributed by atoms with Crippen molar-refractivity contribution >= 4 is 17.9 Å². The van der Waals surface area contributed by atoms with Crippen LogP contribution in [-0.2, 0) is 18.9 Å². The molecule has 1 saturated heterocycles. The number of carbonyl (C=O) groups excluding carboxylic acids is 3. The van der Waals surface area contributed by atoms with Crippen molar-refractivity contribution < 1.29 is 33.3 Å².